The number of allylic oxidation sites excluding steroid dienone is 1. The summed E-state index contributed by atoms with van der Waals surface area (Å²) in [4.78, 5) is 24.9. The van der Waals surface area contributed by atoms with E-state index >= 15 is 0 Å². The zero-order valence-electron chi connectivity index (χ0n) is 12.2. The number of nitrogens with zero attached hydrogens (tertiary/aromatic N) is 1. The quantitative estimate of drug-likeness (QED) is 0.674. The Morgan fingerprint density at radius 2 is 1.62 bits per heavy atom. The van der Waals surface area contributed by atoms with Gasteiger partial charge in [-0.3, -0.25) is 15.0 Å². The second-order valence-electron chi connectivity index (χ2n) is 4.15. The summed E-state index contributed by atoms with van der Waals surface area (Å²) in [6.07, 6.45) is 1.56. The van der Waals surface area contributed by atoms with Crippen molar-refractivity contribution in [2.24, 2.45) is 0 Å². The van der Waals surface area contributed by atoms with Gasteiger partial charge in [0.25, 0.3) is 5.91 Å². The number of benzene rings is 1. The molecule has 0 spiro atoms. The third kappa shape index (κ3) is 2.37. The molecule has 0 aliphatic carbocycles. The Morgan fingerprint density at radius 3 is 2.05 bits per heavy atom. The number of hydrogen-bond donors (Lipinski definition) is 1. The maximum absolute atomic E-state index is 11.9. The van der Waals surface area contributed by atoms with Crippen LogP contribution in [-0.2, 0) is 4.79 Å². The van der Waals surface area contributed by atoms with E-state index in [2.05, 4.69) is 5.32 Å². The van der Waals surface area contributed by atoms with Gasteiger partial charge in [-0.05, 0) is 6.92 Å². The third-order valence-corrected chi connectivity index (χ3v) is 3.08. The first-order chi connectivity index (χ1) is 10.1. The van der Waals surface area contributed by atoms with Crippen molar-refractivity contribution >= 4 is 17.6 Å². The number of carbonyl (C=O) groups excluding carboxylic acids is 2. The van der Waals surface area contributed by atoms with Crippen LogP contribution in [0.2, 0.25) is 0 Å². The first kappa shape index (κ1) is 14.7. The SMILES string of the molecule is CC=C1C(=O)NC(=O)N1c1cc(OC)c(OC)c(OC)c1. The summed E-state index contributed by atoms with van der Waals surface area (Å²) in [5, 5.41) is 2.24. The van der Waals surface area contributed by atoms with Crippen molar-refractivity contribution in [1.29, 1.82) is 0 Å². The van der Waals surface area contributed by atoms with Gasteiger partial charge >= 0.3 is 6.03 Å². The Labute approximate surface area is 122 Å². The van der Waals surface area contributed by atoms with E-state index in [4.69, 9.17) is 14.2 Å². The van der Waals surface area contributed by atoms with Crippen LogP contribution in [0.5, 0.6) is 17.2 Å². The van der Waals surface area contributed by atoms with Gasteiger partial charge in [-0.15, -0.1) is 0 Å². The van der Waals surface area contributed by atoms with Gasteiger partial charge in [0.15, 0.2) is 11.5 Å². The van der Waals surface area contributed by atoms with Crippen molar-refractivity contribution in [2.75, 3.05) is 26.2 Å². The van der Waals surface area contributed by atoms with Crippen molar-refractivity contribution < 1.29 is 23.8 Å². The lowest BCUT2D eigenvalue weighted by atomic mass is 10.2. The predicted molar refractivity (Wildman–Crippen MR) is 75.9 cm³/mol. The number of hydrogen-bond acceptors (Lipinski definition) is 5. The Kier molecular flexibility index (Phi) is 4.02. The Bertz CT molecular complexity index is 599. The van der Waals surface area contributed by atoms with E-state index in [-0.39, 0.29) is 5.70 Å². The fourth-order valence-electron chi connectivity index (χ4n) is 2.14. The number of anilines is 1. The van der Waals surface area contributed by atoms with Gasteiger partial charge in [0, 0.05) is 12.1 Å². The molecular weight excluding hydrogens is 276 g/mol. The van der Waals surface area contributed by atoms with Crippen molar-refractivity contribution in [3.05, 3.63) is 23.9 Å². The summed E-state index contributed by atoms with van der Waals surface area (Å²) in [5.41, 5.74) is 0.690. The van der Waals surface area contributed by atoms with Gasteiger partial charge in [-0.1, -0.05) is 6.08 Å². The average molecular weight is 292 g/mol. The zero-order valence-corrected chi connectivity index (χ0v) is 12.2. The van der Waals surface area contributed by atoms with E-state index in [1.54, 1.807) is 25.1 Å². The summed E-state index contributed by atoms with van der Waals surface area (Å²) in [6, 6.07) is 2.67. The van der Waals surface area contributed by atoms with Crippen LogP contribution in [-0.4, -0.2) is 33.3 Å². The molecule has 0 bridgehead atoms. The largest absolute Gasteiger partial charge is 0.493 e. The van der Waals surface area contributed by atoms with Crippen LogP contribution < -0.4 is 24.4 Å². The number of carbonyl (C=O) groups is 2. The number of amides is 3. The van der Waals surface area contributed by atoms with Crippen molar-refractivity contribution in [3.63, 3.8) is 0 Å². The molecular formula is C14H16N2O5. The highest BCUT2D eigenvalue weighted by atomic mass is 16.5. The molecule has 0 atom stereocenters. The highest BCUT2D eigenvalue weighted by molar-refractivity contribution is 6.21. The monoisotopic (exact) mass is 292 g/mol. The smallest absolute Gasteiger partial charge is 0.333 e. The Hall–Kier alpha value is -2.70. The highest BCUT2D eigenvalue weighted by Crippen LogP contribution is 2.42. The van der Waals surface area contributed by atoms with E-state index in [9.17, 15) is 9.59 Å². The summed E-state index contributed by atoms with van der Waals surface area (Å²) in [5.74, 6) is 0.761. The third-order valence-electron chi connectivity index (χ3n) is 3.08. The van der Waals surface area contributed by atoms with Crippen LogP contribution in [0, 0.1) is 0 Å². The van der Waals surface area contributed by atoms with Crippen molar-refractivity contribution in [1.82, 2.24) is 5.32 Å². The minimum Gasteiger partial charge on any atom is -0.493 e. The standard InChI is InChI=1S/C14H16N2O5/c1-5-9-13(17)15-14(18)16(9)8-6-10(19-2)12(21-4)11(7-8)20-3/h5-7H,1-4H3,(H,15,17,18). The molecule has 112 valence electrons. The minimum absolute atomic E-state index is 0.245. The van der Waals surface area contributed by atoms with Gasteiger partial charge in [0.2, 0.25) is 5.75 Å². The molecule has 7 heteroatoms. The van der Waals surface area contributed by atoms with Crippen molar-refractivity contribution in [2.45, 2.75) is 6.92 Å². The summed E-state index contributed by atoms with van der Waals surface area (Å²) in [7, 11) is 4.45. The number of imide groups is 1. The number of nitrogens with one attached hydrogen (secondary N) is 1. The van der Waals surface area contributed by atoms with Crippen LogP contribution in [0.25, 0.3) is 0 Å². The molecule has 2 rings (SSSR count). The topological polar surface area (TPSA) is 77.1 Å². The molecule has 1 heterocycles. The molecule has 1 aromatic rings. The maximum Gasteiger partial charge on any atom is 0.333 e. The van der Waals surface area contributed by atoms with Gasteiger partial charge < -0.3 is 14.2 Å². The molecule has 1 fully saturated rings. The predicted octanol–water partition coefficient (Wildman–Crippen LogP) is 1.67. The summed E-state index contributed by atoms with van der Waals surface area (Å²) < 4.78 is 15.7. The fourth-order valence-corrected chi connectivity index (χ4v) is 2.14. The van der Waals surface area contributed by atoms with Crippen LogP contribution >= 0.6 is 0 Å². The van der Waals surface area contributed by atoms with Gasteiger partial charge in [0.1, 0.15) is 5.70 Å². The molecule has 7 nitrogen and oxygen atoms in total. The number of ether oxygens (including phenoxy) is 3. The first-order valence-electron chi connectivity index (χ1n) is 6.19. The van der Waals surface area contributed by atoms with Crippen LogP contribution in [0.1, 0.15) is 6.92 Å². The number of rotatable bonds is 4. The Morgan fingerprint density at radius 1 is 1.05 bits per heavy atom. The molecule has 0 radical (unpaired) electrons. The van der Waals surface area contributed by atoms with E-state index in [1.165, 1.54) is 26.2 Å². The second-order valence-corrected chi connectivity index (χ2v) is 4.15. The molecule has 21 heavy (non-hydrogen) atoms. The van der Waals surface area contributed by atoms with E-state index < -0.39 is 11.9 Å². The molecule has 1 saturated heterocycles. The lowest BCUT2D eigenvalue weighted by Crippen LogP contribution is -2.27. The number of methoxy groups -OCH3 is 3. The zero-order chi connectivity index (χ0) is 15.6. The Balaban J connectivity index is 2.59. The summed E-state index contributed by atoms with van der Waals surface area (Å²) in [6.45, 7) is 1.68. The van der Waals surface area contributed by atoms with Gasteiger partial charge in [-0.25, -0.2) is 4.79 Å². The molecule has 1 N–H and O–H groups in total. The first-order valence-corrected chi connectivity index (χ1v) is 6.19. The lowest BCUT2D eigenvalue weighted by Gasteiger charge is -2.19. The molecule has 0 aromatic heterocycles. The van der Waals surface area contributed by atoms with E-state index in [0.29, 0.717) is 22.9 Å². The summed E-state index contributed by atoms with van der Waals surface area (Å²) >= 11 is 0. The lowest BCUT2D eigenvalue weighted by molar-refractivity contribution is -0.115. The molecule has 1 aromatic carbocycles. The van der Waals surface area contributed by atoms with Crippen LogP contribution in [0.4, 0.5) is 10.5 Å². The van der Waals surface area contributed by atoms with E-state index in [0.717, 1.165) is 0 Å². The second kappa shape index (κ2) is 5.74. The molecule has 0 saturated carbocycles. The van der Waals surface area contributed by atoms with Gasteiger partial charge in [0.05, 0.1) is 27.0 Å². The van der Waals surface area contributed by atoms with Crippen molar-refractivity contribution in [3.8, 4) is 17.2 Å². The number of urea groups is 1. The van der Waals surface area contributed by atoms with E-state index in [1.807, 2.05) is 0 Å². The van der Waals surface area contributed by atoms with Crippen LogP contribution in [0.15, 0.2) is 23.9 Å². The maximum atomic E-state index is 11.9. The molecule has 0 unspecified atom stereocenters. The molecule has 1 aliphatic rings. The normalized spacial score (nSPS) is 16.2. The van der Waals surface area contributed by atoms with Crippen LogP contribution in [0.3, 0.4) is 0 Å². The fraction of sp³-hybridized carbons (Fsp3) is 0.286. The molecule has 1 aliphatic heterocycles. The minimum atomic E-state index is -0.526. The van der Waals surface area contributed by atoms with Gasteiger partial charge in [-0.2, -0.15) is 0 Å². The molecule has 3 amide bonds. The average Bonchev–Trinajstić information content (AvgIpc) is 2.79. The highest BCUT2D eigenvalue weighted by Gasteiger charge is 2.34.